The summed E-state index contributed by atoms with van der Waals surface area (Å²) in [5.41, 5.74) is 7.23. The maximum absolute atomic E-state index is 6.14. The highest BCUT2D eigenvalue weighted by Crippen LogP contribution is 2.28. The third-order valence-corrected chi connectivity index (χ3v) is 12.5. The van der Waals surface area contributed by atoms with Gasteiger partial charge in [-0.2, -0.15) is 0 Å². The van der Waals surface area contributed by atoms with Crippen molar-refractivity contribution in [3.8, 4) is 51.3 Å². The third-order valence-electron chi connectivity index (χ3n) is 8.01. The van der Waals surface area contributed by atoms with Gasteiger partial charge in [-0.05, 0) is 108 Å². The number of aromatic nitrogens is 6. The Hall–Kier alpha value is -5.37. The summed E-state index contributed by atoms with van der Waals surface area (Å²) in [6.07, 6.45) is 9.01. The molecule has 0 radical (unpaired) electrons. The average molecular weight is 849 g/mol. The van der Waals surface area contributed by atoms with E-state index in [4.69, 9.17) is 36.3 Å². The Balaban J connectivity index is 0.000000226. The fourth-order valence-corrected chi connectivity index (χ4v) is 8.74. The number of ether oxygens (including phenoxy) is 1. The minimum Gasteiger partial charge on any atom is -0.489 e. The van der Waals surface area contributed by atoms with E-state index in [0.29, 0.717) is 56.8 Å². The quantitative estimate of drug-likeness (QED) is 0.0676. The van der Waals surface area contributed by atoms with Gasteiger partial charge in [0.2, 0.25) is 0 Å². The molecule has 15 heteroatoms. The van der Waals surface area contributed by atoms with Gasteiger partial charge in [-0.3, -0.25) is 19.9 Å². The molecule has 0 fully saturated rings. The lowest BCUT2D eigenvalue weighted by Crippen LogP contribution is -2.51. The molecule has 60 heavy (non-hydrogen) atoms. The van der Waals surface area contributed by atoms with Crippen LogP contribution in [-0.2, 0) is 26.6 Å². The molecule has 316 valence electrons. The second-order valence-electron chi connectivity index (χ2n) is 12.2. The van der Waals surface area contributed by atoms with Gasteiger partial charge < -0.3 is 31.3 Å². The normalized spacial score (nSPS) is 10.9. The highest BCUT2D eigenvalue weighted by atomic mass is 28.4. The number of nitrogens with zero attached hydrogens (tertiary/aromatic N) is 6. The Labute approximate surface area is 357 Å². The third kappa shape index (κ3) is 15.3. The van der Waals surface area contributed by atoms with Gasteiger partial charge in [-0.15, -0.1) is 0 Å². The maximum Gasteiger partial charge on any atom is 0.540 e. The molecule has 13 nitrogen and oxygen atoms in total. The summed E-state index contributed by atoms with van der Waals surface area (Å²) in [5, 5.41) is 0. The molecule has 6 rings (SSSR count). The van der Waals surface area contributed by atoms with Gasteiger partial charge in [0.15, 0.2) is 6.23 Å². The molecule has 0 aromatic carbocycles. The van der Waals surface area contributed by atoms with Crippen LogP contribution in [0.5, 0.6) is 5.75 Å². The standard InChI is InChI=1S/C22H27N3O4Si.C17H13N3.C6H16O3Si/c1-4-27-30(28-5-2,29-6-3)17-26-18-15-21(19-11-7-9-13-23-19)25-22(16-18)20-12-8-10-14-24-20;1-2-13-11-16(14-7-3-5-9-18-14)20-17(12-13)15-8-4-6-10-19-15;1-4-7-10(8-5-2)9-6-3/h7-16H,4-6,17H2,1-3H3;2-12H,1H2;10H,4-6H2,1-3H3. The molecule has 0 aliphatic carbocycles. The summed E-state index contributed by atoms with van der Waals surface area (Å²) in [6.45, 7) is 18.9. The molecule has 6 aromatic rings. The molecule has 0 atom stereocenters. The molecule has 0 aliphatic rings. The van der Waals surface area contributed by atoms with E-state index in [1.54, 1.807) is 30.9 Å². The van der Waals surface area contributed by atoms with Crippen LogP contribution in [0, 0.1) is 0 Å². The van der Waals surface area contributed by atoms with Gasteiger partial charge in [0.25, 0.3) is 0 Å². The highest BCUT2D eigenvalue weighted by Gasteiger charge is 2.42. The summed E-state index contributed by atoms with van der Waals surface area (Å²) in [4.78, 5) is 26.9. The zero-order chi connectivity index (χ0) is 42.8. The van der Waals surface area contributed by atoms with Crippen molar-refractivity contribution in [3.63, 3.8) is 0 Å². The Bertz CT molecular complexity index is 1950. The summed E-state index contributed by atoms with van der Waals surface area (Å²) in [7, 11) is -4.68. The highest BCUT2D eigenvalue weighted by molar-refractivity contribution is 6.60. The van der Waals surface area contributed by atoms with E-state index in [-0.39, 0.29) is 6.23 Å². The molecule has 0 N–H and O–H groups in total. The molecule has 0 saturated heterocycles. The predicted molar refractivity (Wildman–Crippen MR) is 240 cm³/mol. The van der Waals surface area contributed by atoms with Gasteiger partial charge in [0.1, 0.15) is 5.75 Å². The lowest BCUT2D eigenvalue weighted by molar-refractivity contribution is 0.0541. The zero-order valence-electron chi connectivity index (χ0n) is 35.4. The van der Waals surface area contributed by atoms with Crippen LogP contribution in [0.15, 0.2) is 128 Å². The first-order valence-electron chi connectivity index (χ1n) is 20.1. The minimum absolute atomic E-state index is 0.204. The molecule has 0 amide bonds. The average Bonchev–Trinajstić information content (AvgIpc) is 3.30. The fraction of sp³-hybridized carbons (Fsp3) is 0.289. The van der Waals surface area contributed by atoms with Crippen molar-refractivity contribution in [2.75, 3.05) is 45.9 Å². The van der Waals surface area contributed by atoms with Crippen LogP contribution in [0.2, 0.25) is 0 Å². The van der Waals surface area contributed by atoms with Gasteiger partial charge in [-0.25, -0.2) is 9.97 Å². The monoisotopic (exact) mass is 848 g/mol. The van der Waals surface area contributed by atoms with E-state index in [2.05, 4.69) is 31.5 Å². The molecule has 0 aliphatic heterocycles. The first-order chi connectivity index (χ1) is 29.4. The van der Waals surface area contributed by atoms with E-state index >= 15 is 0 Å². The Kier molecular flexibility index (Phi) is 21.0. The van der Waals surface area contributed by atoms with E-state index in [0.717, 1.165) is 39.7 Å². The van der Waals surface area contributed by atoms with Crippen LogP contribution in [0.4, 0.5) is 0 Å². The Morgan fingerprint density at radius 3 is 1.12 bits per heavy atom. The number of hydrogen-bond acceptors (Lipinski definition) is 13. The molecule has 0 spiro atoms. The van der Waals surface area contributed by atoms with Crippen LogP contribution >= 0.6 is 0 Å². The first-order valence-corrected chi connectivity index (χ1v) is 23.5. The second kappa shape index (κ2) is 26.7. The van der Waals surface area contributed by atoms with E-state index in [1.165, 1.54) is 0 Å². The molecule has 0 saturated carbocycles. The van der Waals surface area contributed by atoms with Crippen molar-refractivity contribution in [1.82, 2.24) is 29.9 Å². The van der Waals surface area contributed by atoms with Gasteiger partial charge in [0.05, 0.1) is 45.6 Å². The lowest BCUT2D eigenvalue weighted by atomic mass is 10.1. The number of rotatable bonds is 20. The minimum atomic E-state index is -2.95. The Morgan fingerprint density at radius 2 is 0.833 bits per heavy atom. The molecular weight excluding hydrogens is 793 g/mol. The van der Waals surface area contributed by atoms with Crippen LogP contribution in [-0.4, -0.2) is 94.1 Å². The molecule has 0 bridgehead atoms. The van der Waals surface area contributed by atoms with Crippen molar-refractivity contribution >= 4 is 24.4 Å². The summed E-state index contributed by atoms with van der Waals surface area (Å²) >= 11 is 0. The lowest BCUT2D eigenvalue weighted by Gasteiger charge is -2.28. The van der Waals surface area contributed by atoms with Crippen LogP contribution in [0.1, 0.15) is 47.1 Å². The van der Waals surface area contributed by atoms with Crippen molar-refractivity contribution < 1.29 is 31.3 Å². The van der Waals surface area contributed by atoms with Crippen molar-refractivity contribution in [2.45, 2.75) is 41.5 Å². The van der Waals surface area contributed by atoms with Crippen molar-refractivity contribution in [1.29, 1.82) is 0 Å². The fourth-order valence-electron chi connectivity index (χ4n) is 5.47. The number of hydrogen-bond donors (Lipinski definition) is 0. The van der Waals surface area contributed by atoms with Crippen molar-refractivity contribution in [2.24, 2.45) is 0 Å². The van der Waals surface area contributed by atoms with E-state index in [9.17, 15) is 0 Å². The van der Waals surface area contributed by atoms with Crippen LogP contribution < -0.4 is 4.74 Å². The van der Waals surface area contributed by atoms with Crippen LogP contribution in [0.3, 0.4) is 0 Å². The molecular formula is C45H56N6O7Si2. The van der Waals surface area contributed by atoms with E-state index < -0.39 is 18.3 Å². The number of pyridine rings is 6. The Morgan fingerprint density at radius 1 is 0.483 bits per heavy atom. The predicted octanol–water partition coefficient (Wildman–Crippen LogP) is 8.83. The summed E-state index contributed by atoms with van der Waals surface area (Å²) in [5.74, 6) is 0.627. The maximum atomic E-state index is 6.14. The summed E-state index contributed by atoms with van der Waals surface area (Å²) in [6, 6.07) is 30.6. The van der Waals surface area contributed by atoms with Crippen molar-refractivity contribution in [3.05, 3.63) is 134 Å². The van der Waals surface area contributed by atoms with Gasteiger partial charge in [-0.1, -0.05) is 36.9 Å². The molecule has 0 unspecified atom stereocenters. The largest absolute Gasteiger partial charge is 0.540 e. The van der Waals surface area contributed by atoms with Gasteiger partial charge in [0, 0.05) is 76.6 Å². The zero-order valence-corrected chi connectivity index (χ0v) is 37.6. The molecule has 6 heterocycles. The first kappa shape index (κ1) is 47.3. The SMILES string of the molecule is C=Cc1cc(-c2ccccn2)nc(-c2ccccn2)c1.CCO[SiH](OCC)OCC.CCO[Si](COc1cc(-c2ccccn2)nc(-c2ccccn2)c1)(OCC)OCC. The topological polar surface area (TPSA) is 142 Å². The summed E-state index contributed by atoms with van der Waals surface area (Å²) < 4.78 is 39.5. The second-order valence-corrected chi connectivity index (χ2v) is 16.3. The van der Waals surface area contributed by atoms with Crippen LogP contribution in [0.25, 0.3) is 51.6 Å². The van der Waals surface area contributed by atoms with E-state index in [1.807, 2.05) is 139 Å². The molecule has 6 aromatic heterocycles. The van der Waals surface area contributed by atoms with Gasteiger partial charge >= 0.3 is 18.3 Å². The smallest absolute Gasteiger partial charge is 0.489 e.